The first-order valence-corrected chi connectivity index (χ1v) is 9.52. The molecule has 0 saturated carbocycles. The van der Waals surface area contributed by atoms with Crippen molar-refractivity contribution in [3.63, 3.8) is 0 Å². The van der Waals surface area contributed by atoms with Crippen LogP contribution in [0.25, 0.3) is 0 Å². The van der Waals surface area contributed by atoms with Crippen LogP contribution in [0.15, 0.2) is 48.5 Å². The predicted octanol–water partition coefficient (Wildman–Crippen LogP) is 4.53. The Balaban J connectivity index is 1.81. The smallest absolute Gasteiger partial charge is 0.251 e. The molecule has 0 aliphatic carbocycles. The summed E-state index contributed by atoms with van der Waals surface area (Å²) >= 11 is 0. The van der Waals surface area contributed by atoms with Gasteiger partial charge in [0.1, 0.15) is 5.75 Å². The number of ether oxygens (including phenoxy) is 1. The van der Waals surface area contributed by atoms with Crippen LogP contribution in [0.4, 0.5) is 5.69 Å². The van der Waals surface area contributed by atoms with Crippen molar-refractivity contribution in [3.8, 4) is 5.75 Å². The number of benzene rings is 2. The zero-order valence-corrected chi connectivity index (χ0v) is 16.1. The van der Waals surface area contributed by atoms with Gasteiger partial charge in [0, 0.05) is 24.2 Å². The third-order valence-electron chi connectivity index (χ3n) is 4.05. The number of hydrogen-bond donors (Lipinski definition) is 2. The highest BCUT2D eigenvalue weighted by molar-refractivity contribution is 5.94. The summed E-state index contributed by atoms with van der Waals surface area (Å²) in [5, 5.41) is 5.75. The molecule has 0 spiro atoms. The van der Waals surface area contributed by atoms with Gasteiger partial charge in [0.15, 0.2) is 0 Å². The fraction of sp³-hybridized carbons (Fsp3) is 0.364. The lowest BCUT2D eigenvalue weighted by molar-refractivity contribution is -0.116. The van der Waals surface area contributed by atoms with Crippen molar-refractivity contribution in [1.29, 1.82) is 0 Å². The van der Waals surface area contributed by atoms with Gasteiger partial charge >= 0.3 is 0 Å². The van der Waals surface area contributed by atoms with Crippen LogP contribution in [0.5, 0.6) is 5.75 Å². The Morgan fingerprint density at radius 1 is 0.926 bits per heavy atom. The van der Waals surface area contributed by atoms with Crippen molar-refractivity contribution in [3.05, 3.63) is 59.7 Å². The van der Waals surface area contributed by atoms with E-state index in [1.807, 2.05) is 43.3 Å². The molecule has 0 aromatic heterocycles. The molecule has 0 aliphatic heterocycles. The lowest BCUT2D eigenvalue weighted by Gasteiger charge is -2.09. The second kappa shape index (κ2) is 11.0. The summed E-state index contributed by atoms with van der Waals surface area (Å²) < 4.78 is 5.60. The number of nitrogens with one attached hydrogen (secondary N) is 2. The molecule has 0 radical (unpaired) electrons. The van der Waals surface area contributed by atoms with Gasteiger partial charge in [0.25, 0.3) is 5.91 Å². The van der Waals surface area contributed by atoms with Gasteiger partial charge < -0.3 is 15.4 Å². The van der Waals surface area contributed by atoms with Crippen molar-refractivity contribution in [2.45, 2.75) is 46.1 Å². The maximum absolute atomic E-state index is 12.3. The summed E-state index contributed by atoms with van der Waals surface area (Å²) in [4.78, 5) is 23.9. The van der Waals surface area contributed by atoms with Gasteiger partial charge in [-0.15, -0.1) is 0 Å². The summed E-state index contributed by atoms with van der Waals surface area (Å²) in [5.74, 6) is 0.664. The number of unbranched alkanes of at least 4 members (excludes halogenated alkanes) is 1. The first-order chi connectivity index (χ1) is 13.1. The molecule has 27 heavy (non-hydrogen) atoms. The highest BCUT2D eigenvalue weighted by Crippen LogP contribution is 2.14. The SMILES string of the molecule is CCCCOc1ccc(C(=O)NCc2ccc(NC(=O)CCC)cc2)cc1. The fourth-order valence-electron chi connectivity index (χ4n) is 2.48. The molecule has 144 valence electrons. The van der Waals surface area contributed by atoms with E-state index in [9.17, 15) is 9.59 Å². The van der Waals surface area contributed by atoms with Crippen LogP contribution in [0.3, 0.4) is 0 Å². The van der Waals surface area contributed by atoms with Gasteiger partial charge in [-0.2, -0.15) is 0 Å². The van der Waals surface area contributed by atoms with Crippen molar-refractivity contribution >= 4 is 17.5 Å². The van der Waals surface area contributed by atoms with Crippen LogP contribution in [0.1, 0.15) is 55.5 Å². The molecule has 0 fully saturated rings. The molecule has 5 nitrogen and oxygen atoms in total. The van der Waals surface area contributed by atoms with Gasteiger partial charge in [-0.05, 0) is 54.8 Å². The van der Waals surface area contributed by atoms with E-state index < -0.39 is 0 Å². The lowest BCUT2D eigenvalue weighted by Crippen LogP contribution is -2.22. The molecule has 0 atom stereocenters. The summed E-state index contributed by atoms with van der Waals surface area (Å²) in [5.41, 5.74) is 2.33. The summed E-state index contributed by atoms with van der Waals surface area (Å²) in [6, 6.07) is 14.6. The number of anilines is 1. The Kier molecular flexibility index (Phi) is 8.36. The molecule has 0 bridgehead atoms. The van der Waals surface area contributed by atoms with E-state index in [1.165, 1.54) is 0 Å². The number of amides is 2. The van der Waals surface area contributed by atoms with E-state index in [2.05, 4.69) is 17.6 Å². The minimum absolute atomic E-state index is 0.0145. The Bertz CT molecular complexity index is 724. The maximum atomic E-state index is 12.3. The van der Waals surface area contributed by atoms with Crippen LogP contribution >= 0.6 is 0 Å². The largest absolute Gasteiger partial charge is 0.494 e. The van der Waals surface area contributed by atoms with E-state index in [1.54, 1.807) is 12.1 Å². The fourth-order valence-corrected chi connectivity index (χ4v) is 2.48. The quantitative estimate of drug-likeness (QED) is 0.605. The molecule has 0 unspecified atom stereocenters. The van der Waals surface area contributed by atoms with Gasteiger partial charge in [0.2, 0.25) is 5.91 Å². The minimum atomic E-state index is -0.129. The van der Waals surface area contributed by atoms with Crippen molar-refractivity contribution < 1.29 is 14.3 Å². The van der Waals surface area contributed by atoms with E-state index in [0.717, 1.165) is 36.3 Å². The zero-order valence-electron chi connectivity index (χ0n) is 16.1. The highest BCUT2D eigenvalue weighted by Gasteiger charge is 2.06. The van der Waals surface area contributed by atoms with Crippen LogP contribution in [0, 0.1) is 0 Å². The van der Waals surface area contributed by atoms with Gasteiger partial charge in [0.05, 0.1) is 6.61 Å². The third kappa shape index (κ3) is 7.13. The molecule has 2 N–H and O–H groups in total. The monoisotopic (exact) mass is 368 g/mol. The van der Waals surface area contributed by atoms with E-state index in [0.29, 0.717) is 25.1 Å². The average Bonchev–Trinajstić information content (AvgIpc) is 2.68. The third-order valence-corrected chi connectivity index (χ3v) is 4.05. The van der Waals surface area contributed by atoms with Crippen LogP contribution in [-0.4, -0.2) is 18.4 Å². The molecule has 5 heteroatoms. The number of carbonyl (C=O) groups is 2. The van der Waals surface area contributed by atoms with E-state index >= 15 is 0 Å². The second-order valence-corrected chi connectivity index (χ2v) is 6.40. The van der Waals surface area contributed by atoms with Crippen LogP contribution in [0.2, 0.25) is 0 Å². The van der Waals surface area contributed by atoms with Crippen molar-refractivity contribution in [1.82, 2.24) is 5.32 Å². The van der Waals surface area contributed by atoms with Gasteiger partial charge in [-0.25, -0.2) is 0 Å². The molecule has 2 aromatic carbocycles. The van der Waals surface area contributed by atoms with Crippen molar-refractivity contribution in [2.24, 2.45) is 0 Å². The Labute approximate surface area is 161 Å². The molecular weight excluding hydrogens is 340 g/mol. The normalized spacial score (nSPS) is 10.3. The molecular formula is C22H28N2O3. The van der Waals surface area contributed by atoms with E-state index in [-0.39, 0.29) is 11.8 Å². The van der Waals surface area contributed by atoms with Crippen LogP contribution in [-0.2, 0) is 11.3 Å². The van der Waals surface area contributed by atoms with Gasteiger partial charge in [-0.1, -0.05) is 32.4 Å². The standard InChI is InChI=1S/C22H28N2O3/c1-3-5-15-27-20-13-9-18(10-14-20)22(26)23-16-17-7-11-19(12-8-17)24-21(25)6-4-2/h7-14H,3-6,15-16H2,1-2H3,(H,23,26)(H,24,25). The van der Waals surface area contributed by atoms with Crippen molar-refractivity contribution in [2.75, 3.05) is 11.9 Å². The summed E-state index contributed by atoms with van der Waals surface area (Å²) in [6.07, 6.45) is 3.44. The molecule has 2 amide bonds. The number of rotatable bonds is 10. The maximum Gasteiger partial charge on any atom is 0.251 e. The van der Waals surface area contributed by atoms with Crippen LogP contribution < -0.4 is 15.4 Å². The first-order valence-electron chi connectivity index (χ1n) is 9.52. The topological polar surface area (TPSA) is 67.4 Å². The summed E-state index contributed by atoms with van der Waals surface area (Å²) in [7, 11) is 0. The zero-order chi connectivity index (χ0) is 19.5. The number of hydrogen-bond acceptors (Lipinski definition) is 3. The Hall–Kier alpha value is -2.82. The molecule has 0 heterocycles. The lowest BCUT2D eigenvalue weighted by atomic mass is 10.1. The van der Waals surface area contributed by atoms with E-state index in [4.69, 9.17) is 4.74 Å². The molecule has 0 saturated heterocycles. The summed E-state index contributed by atoms with van der Waals surface area (Å²) in [6.45, 7) is 5.21. The number of carbonyl (C=O) groups excluding carboxylic acids is 2. The Morgan fingerprint density at radius 2 is 1.63 bits per heavy atom. The van der Waals surface area contributed by atoms with Gasteiger partial charge in [-0.3, -0.25) is 9.59 Å². The first kappa shape index (κ1) is 20.5. The Morgan fingerprint density at radius 3 is 2.26 bits per heavy atom. The molecule has 0 aliphatic rings. The predicted molar refractivity (Wildman–Crippen MR) is 108 cm³/mol. The minimum Gasteiger partial charge on any atom is -0.494 e. The second-order valence-electron chi connectivity index (χ2n) is 6.40. The highest BCUT2D eigenvalue weighted by atomic mass is 16.5. The molecule has 2 rings (SSSR count). The molecule has 2 aromatic rings. The average molecular weight is 368 g/mol.